The predicted octanol–water partition coefficient (Wildman–Crippen LogP) is 4.02. The summed E-state index contributed by atoms with van der Waals surface area (Å²) in [6, 6.07) is 15.7. The lowest BCUT2D eigenvalue weighted by atomic mass is 10.1. The molecule has 0 fully saturated rings. The van der Waals surface area contributed by atoms with Crippen molar-refractivity contribution in [1.29, 1.82) is 0 Å². The maximum Gasteiger partial charge on any atom is 0.263 e. The fourth-order valence-corrected chi connectivity index (χ4v) is 3.20. The van der Waals surface area contributed by atoms with Crippen molar-refractivity contribution in [2.24, 2.45) is 0 Å². The molecule has 28 heavy (non-hydrogen) atoms. The summed E-state index contributed by atoms with van der Waals surface area (Å²) in [5.74, 6) is 3.44. The second kappa shape index (κ2) is 7.64. The molecule has 144 valence electrons. The van der Waals surface area contributed by atoms with Crippen LogP contribution in [0, 0.1) is 0 Å². The summed E-state index contributed by atoms with van der Waals surface area (Å²) in [7, 11) is 5.27. The molecule has 0 aliphatic carbocycles. The molecular formula is C21H22N4O3. The molecule has 4 rings (SSSR count). The molecule has 1 N–H and O–H groups in total. The molecule has 0 saturated carbocycles. The lowest BCUT2D eigenvalue weighted by Crippen LogP contribution is -2.18. The number of rotatable bonds is 6. The van der Waals surface area contributed by atoms with Gasteiger partial charge in [-0.15, -0.1) is 10.2 Å². The minimum absolute atomic E-state index is 0.506. The Bertz CT molecular complexity index is 993. The molecule has 7 heteroatoms. The zero-order valence-electron chi connectivity index (χ0n) is 16.1. The Labute approximate surface area is 163 Å². The van der Waals surface area contributed by atoms with Crippen molar-refractivity contribution in [3.8, 4) is 23.1 Å². The summed E-state index contributed by atoms with van der Waals surface area (Å²) in [5.41, 5.74) is 3.02. The predicted molar refractivity (Wildman–Crippen MR) is 108 cm³/mol. The summed E-state index contributed by atoms with van der Waals surface area (Å²) in [5, 5.41) is 11.8. The number of hydrogen-bond donors (Lipinski definition) is 1. The van der Waals surface area contributed by atoms with Crippen LogP contribution in [0.4, 0.5) is 17.2 Å². The number of aromatic nitrogens is 2. The van der Waals surface area contributed by atoms with E-state index < -0.39 is 0 Å². The first kappa shape index (κ1) is 17.9. The van der Waals surface area contributed by atoms with Crippen molar-refractivity contribution in [2.75, 3.05) is 38.0 Å². The molecule has 0 bridgehead atoms. The Morgan fingerprint density at radius 1 is 0.964 bits per heavy atom. The monoisotopic (exact) mass is 378 g/mol. The van der Waals surface area contributed by atoms with Crippen molar-refractivity contribution in [1.82, 2.24) is 10.2 Å². The normalized spacial score (nSPS) is 11.9. The van der Waals surface area contributed by atoms with Gasteiger partial charge < -0.3 is 24.4 Å². The number of anilines is 3. The fourth-order valence-electron chi connectivity index (χ4n) is 3.20. The highest BCUT2D eigenvalue weighted by molar-refractivity contribution is 5.77. The van der Waals surface area contributed by atoms with Crippen molar-refractivity contribution in [3.63, 3.8) is 0 Å². The maximum absolute atomic E-state index is 5.86. The van der Waals surface area contributed by atoms with E-state index in [9.17, 15) is 0 Å². The van der Waals surface area contributed by atoms with Crippen LogP contribution in [-0.2, 0) is 6.42 Å². The van der Waals surface area contributed by atoms with E-state index in [1.165, 1.54) is 0 Å². The molecule has 1 aliphatic rings. The van der Waals surface area contributed by atoms with Gasteiger partial charge in [-0.25, -0.2) is 0 Å². The van der Waals surface area contributed by atoms with Gasteiger partial charge in [-0.1, -0.05) is 18.2 Å². The van der Waals surface area contributed by atoms with Crippen molar-refractivity contribution in [3.05, 3.63) is 54.1 Å². The quantitative estimate of drug-likeness (QED) is 0.695. The van der Waals surface area contributed by atoms with E-state index in [-0.39, 0.29) is 0 Å². The molecule has 0 radical (unpaired) electrons. The number of nitrogens with one attached hydrogen (secondary N) is 1. The van der Waals surface area contributed by atoms with Gasteiger partial charge in [0.05, 0.1) is 19.9 Å². The first-order valence-electron chi connectivity index (χ1n) is 9.02. The first-order chi connectivity index (χ1) is 13.7. The van der Waals surface area contributed by atoms with E-state index in [1.54, 1.807) is 14.2 Å². The van der Waals surface area contributed by atoms with E-state index in [2.05, 4.69) is 20.4 Å². The van der Waals surface area contributed by atoms with Gasteiger partial charge in [0.25, 0.3) is 5.88 Å². The Hall–Kier alpha value is -3.48. The number of hydrogen-bond acceptors (Lipinski definition) is 7. The van der Waals surface area contributed by atoms with Crippen LogP contribution in [0.25, 0.3) is 0 Å². The molecule has 2 heterocycles. The maximum atomic E-state index is 5.86. The number of nitrogens with zero attached hydrogens (tertiary/aromatic N) is 3. The van der Waals surface area contributed by atoms with Gasteiger partial charge in [-0.3, -0.25) is 0 Å². The molecule has 0 spiro atoms. The van der Waals surface area contributed by atoms with Gasteiger partial charge in [0, 0.05) is 19.7 Å². The van der Waals surface area contributed by atoms with Gasteiger partial charge >= 0.3 is 0 Å². The molecule has 1 aromatic heterocycles. The average molecular weight is 378 g/mol. The summed E-state index contributed by atoms with van der Waals surface area (Å²) >= 11 is 0. The van der Waals surface area contributed by atoms with Crippen LogP contribution in [0.3, 0.4) is 0 Å². The Kier molecular flexibility index (Phi) is 4.89. The third-order valence-electron chi connectivity index (χ3n) is 4.70. The smallest absolute Gasteiger partial charge is 0.263 e. The van der Waals surface area contributed by atoms with Crippen molar-refractivity contribution < 1.29 is 14.2 Å². The third kappa shape index (κ3) is 3.38. The topological polar surface area (TPSA) is 68.7 Å². The zero-order chi connectivity index (χ0) is 19.5. The molecule has 0 saturated heterocycles. The molecule has 0 unspecified atom stereocenters. The molecule has 0 amide bonds. The van der Waals surface area contributed by atoms with E-state index in [4.69, 9.17) is 14.2 Å². The van der Waals surface area contributed by atoms with Crippen molar-refractivity contribution in [2.45, 2.75) is 6.42 Å². The Morgan fingerprint density at radius 3 is 2.61 bits per heavy atom. The van der Waals surface area contributed by atoms with Crippen LogP contribution in [0.1, 0.15) is 5.56 Å². The molecule has 7 nitrogen and oxygen atoms in total. The summed E-state index contributed by atoms with van der Waals surface area (Å²) in [6.45, 7) is 0.712. The van der Waals surface area contributed by atoms with E-state index in [0.29, 0.717) is 18.2 Å². The minimum atomic E-state index is 0.506. The lowest BCUT2D eigenvalue weighted by Gasteiger charge is -2.28. The van der Waals surface area contributed by atoms with E-state index in [1.807, 2.05) is 55.6 Å². The minimum Gasteiger partial charge on any atom is -0.493 e. The standard InChI is InChI=1S/C21H22N4O3/c1-25-15-6-4-5-7-17(15)28-21-16(25)13-20(23-24-21)22-11-10-14-8-9-18(26-2)19(12-14)27-3/h4-9,12-13H,10-11H2,1-3H3,(H,22,23). The Morgan fingerprint density at radius 2 is 1.79 bits per heavy atom. The highest BCUT2D eigenvalue weighted by Gasteiger charge is 2.23. The second-order valence-electron chi connectivity index (χ2n) is 6.41. The van der Waals surface area contributed by atoms with Gasteiger partial charge in [0.1, 0.15) is 5.69 Å². The zero-order valence-corrected chi connectivity index (χ0v) is 16.1. The molecular weight excluding hydrogens is 356 g/mol. The summed E-state index contributed by atoms with van der Waals surface area (Å²) in [4.78, 5) is 2.06. The van der Waals surface area contributed by atoms with Crippen LogP contribution in [0.5, 0.6) is 23.1 Å². The number of para-hydroxylation sites is 2. The lowest BCUT2D eigenvalue weighted by molar-refractivity contribution is 0.354. The Balaban J connectivity index is 1.44. The number of fused-ring (bicyclic) bond motifs is 2. The number of ether oxygens (including phenoxy) is 3. The first-order valence-corrected chi connectivity index (χ1v) is 9.02. The second-order valence-corrected chi connectivity index (χ2v) is 6.41. The number of benzene rings is 2. The molecule has 1 aliphatic heterocycles. The summed E-state index contributed by atoms with van der Waals surface area (Å²) in [6.07, 6.45) is 0.814. The highest BCUT2D eigenvalue weighted by atomic mass is 16.5. The summed E-state index contributed by atoms with van der Waals surface area (Å²) < 4.78 is 16.5. The SMILES string of the molecule is COc1ccc(CCNc2cc3c(nn2)Oc2ccccc2N3C)cc1OC. The van der Waals surface area contributed by atoms with Crippen LogP contribution < -0.4 is 24.4 Å². The highest BCUT2D eigenvalue weighted by Crippen LogP contribution is 2.44. The average Bonchev–Trinajstić information content (AvgIpc) is 2.74. The van der Waals surface area contributed by atoms with Gasteiger partial charge in [-0.2, -0.15) is 0 Å². The van der Waals surface area contributed by atoms with Gasteiger partial charge in [-0.05, 0) is 36.2 Å². The number of methoxy groups -OCH3 is 2. The van der Waals surface area contributed by atoms with Gasteiger partial charge in [0.15, 0.2) is 23.1 Å². The molecule has 0 atom stereocenters. The van der Waals surface area contributed by atoms with Crippen molar-refractivity contribution >= 4 is 17.2 Å². The molecule has 3 aromatic rings. The molecule has 2 aromatic carbocycles. The van der Waals surface area contributed by atoms with Gasteiger partial charge in [0.2, 0.25) is 0 Å². The van der Waals surface area contributed by atoms with E-state index >= 15 is 0 Å². The van der Waals surface area contributed by atoms with E-state index in [0.717, 1.165) is 40.6 Å². The largest absolute Gasteiger partial charge is 0.493 e. The third-order valence-corrected chi connectivity index (χ3v) is 4.70. The van der Waals surface area contributed by atoms with Crippen LogP contribution in [0.2, 0.25) is 0 Å². The van der Waals surface area contributed by atoms with Crippen LogP contribution in [0.15, 0.2) is 48.5 Å². The van der Waals surface area contributed by atoms with Crippen LogP contribution >= 0.6 is 0 Å². The van der Waals surface area contributed by atoms with Crippen LogP contribution in [-0.4, -0.2) is 38.0 Å². The fraction of sp³-hybridized carbons (Fsp3) is 0.238.